The average Bonchev–Trinajstić information content (AvgIpc) is 3.02. The zero-order chi connectivity index (χ0) is 18.3. The first-order valence-electron chi connectivity index (χ1n) is 8.38. The summed E-state index contributed by atoms with van der Waals surface area (Å²) in [5.41, 5.74) is 3.93. The molecule has 0 amide bonds. The number of alkyl halides is 1. The normalized spacial score (nSPS) is 16.2. The number of aliphatic carboxylic acids is 1. The van der Waals surface area contributed by atoms with Crippen LogP contribution < -0.4 is 0 Å². The molecule has 0 radical (unpaired) electrons. The lowest BCUT2D eigenvalue weighted by atomic mass is 9.96. The van der Waals surface area contributed by atoms with Gasteiger partial charge in [-0.15, -0.1) is 11.6 Å². The fourth-order valence-electron chi connectivity index (χ4n) is 3.14. The van der Waals surface area contributed by atoms with Crippen LogP contribution in [0.25, 0.3) is 22.9 Å². The zero-order valence-electron chi connectivity index (χ0n) is 14.3. The topological polar surface area (TPSA) is 81.2 Å². The molecule has 1 N–H and O–H groups in total. The molecule has 26 heavy (non-hydrogen) atoms. The van der Waals surface area contributed by atoms with E-state index in [9.17, 15) is 9.90 Å². The third-order valence-corrected chi connectivity index (χ3v) is 5.46. The van der Waals surface area contributed by atoms with Crippen molar-refractivity contribution in [2.24, 2.45) is 5.41 Å². The molecule has 0 unspecified atom stereocenters. The van der Waals surface area contributed by atoms with Gasteiger partial charge in [-0.1, -0.05) is 6.07 Å². The second-order valence-electron chi connectivity index (χ2n) is 6.91. The number of hydrogen-bond donors (Lipinski definition) is 1. The minimum Gasteiger partial charge on any atom is -0.478 e. The third-order valence-electron chi connectivity index (χ3n) is 4.89. The largest absolute Gasteiger partial charge is 0.478 e. The number of aryl methyl sites for hydroxylation is 1. The van der Waals surface area contributed by atoms with E-state index >= 15 is 0 Å². The lowest BCUT2D eigenvalue weighted by Gasteiger charge is -2.12. The number of oxazole rings is 1. The van der Waals surface area contributed by atoms with E-state index in [4.69, 9.17) is 16.0 Å². The summed E-state index contributed by atoms with van der Waals surface area (Å²) >= 11 is 6.02. The molecular formula is C19H18ClN3O3. The van der Waals surface area contributed by atoms with Gasteiger partial charge in [-0.05, 0) is 43.7 Å². The van der Waals surface area contributed by atoms with Gasteiger partial charge in [0.2, 0.25) is 0 Å². The van der Waals surface area contributed by atoms with Crippen molar-refractivity contribution in [1.82, 2.24) is 14.5 Å². The number of halogens is 1. The molecule has 2 heterocycles. The number of carboxylic acid groups (broad SMARTS) is 1. The van der Waals surface area contributed by atoms with Crippen LogP contribution in [0, 0.1) is 12.3 Å². The van der Waals surface area contributed by atoms with Crippen molar-refractivity contribution in [3.05, 3.63) is 47.9 Å². The van der Waals surface area contributed by atoms with Crippen LogP contribution in [0.15, 0.2) is 41.0 Å². The van der Waals surface area contributed by atoms with Crippen LogP contribution >= 0.6 is 11.6 Å². The van der Waals surface area contributed by atoms with Crippen molar-refractivity contribution in [1.29, 1.82) is 0 Å². The molecule has 0 bridgehead atoms. The molecule has 134 valence electrons. The van der Waals surface area contributed by atoms with Crippen molar-refractivity contribution >= 4 is 34.7 Å². The number of benzene rings is 1. The highest BCUT2D eigenvalue weighted by Gasteiger charge is 2.43. The van der Waals surface area contributed by atoms with Gasteiger partial charge < -0.3 is 14.1 Å². The fourth-order valence-corrected chi connectivity index (χ4v) is 3.51. The molecule has 3 aromatic rings. The van der Waals surface area contributed by atoms with Crippen molar-refractivity contribution < 1.29 is 14.3 Å². The van der Waals surface area contributed by atoms with E-state index in [0.29, 0.717) is 29.0 Å². The molecule has 0 spiro atoms. The predicted octanol–water partition coefficient (Wildman–Crippen LogP) is 4.20. The van der Waals surface area contributed by atoms with Gasteiger partial charge in [-0.25, -0.2) is 14.8 Å². The number of hydrogen-bond acceptors (Lipinski definition) is 4. The first kappa shape index (κ1) is 16.8. The Kier molecular flexibility index (Phi) is 4.07. The molecule has 1 fully saturated rings. The Morgan fingerprint density at radius 2 is 2.23 bits per heavy atom. The molecule has 1 aromatic carbocycles. The molecular weight excluding hydrogens is 354 g/mol. The molecule has 1 saturated carbocycles. The number of rotatable bonds is 6. The van der Waals surface area contributed by atoms with Gasteiger partial charge >= 0.3 is 5.97 Å². The minimum absolute atomic E-state index is 0.0665. The summed E-state index contributed by atoms with van der Waals surface area (Å²) in [4.78, 5) is 20.2. The standard InChI is InChI=1S/C19H18ClN3O3/c1-12-8-23(10-21-12)15-3-2-13(16-17(15)26-11-22-16)6-14(18(24)25)7-19(9-20)4-5-19/h2-3,6,8,10-11H,4-5,7,9H2,1H3,(H,24,25)/b14-6+. The van der Waals surface area contributed by atoms with Crippen LogP contribution in [0.3, 0.4) is 0 Å². The first-order valence-corrected chi connectivity index (χ1v) is 8.92. The number of nitrogens with zero attached hydrogens (tertiary/aromatic N) is 3. The molecule has 2 aromatic heterocycles. The van der Waals surface area contributed by atoms with Crippen molar-refractivity contribution in [3.63, 3.8) is 0 Å². The van der Waals surface area contributed by atoms with E-state index in [1.807, 2.05) is 29.8 Å². The molecule has 1 aliphatic rings. The van der Waals surface area contributed by atoms with Gasteiger partial charge in [-0.2, -0.15) is 0 Å². The van der Waals surface area contributed by atoms with Crippen LogP contribution in [-0.2, 0) is 4.79 Å². The first-order chi connectivity index (χ1) is 12.5. The second kappa shape index (κ2) is 6.29. The van der Waals surface area contributed by atoms with Gasteiger partial charge in [0.1, 0.15) is 5.52 Å². The summed E-state index contributed by atoms with van der Waals surface area (Å²) in [5.74, 6) is -0.442. The number of carbonyl (C=O) groups is 1. The maximum absolute atomic E-state index is 11.7. The van der Waals surface area contributed by atoms with Crippen LogP contribution in [0.4, 0.5) is 0 Å². The maximum Gasteiger partial charge on any atom is 0.331 e. The predicted molar refractivity (Wildman–Crippen MR) is 98.5 cm³/mol. The SMILES string of the molecule is Cc1cn(-c2ccc(/C=C(\CC3(CCl)CC3)C(=O)O)c3ncoc23)cn1. The average molecular weight is 372 g/mol. The number of fused-ring (bicyclic) bond motifs is 1. The van der Waals surface area contributed by atoms with Crippen molar-refractivity contribution in [2.45, 2.75) is 26.2 Å². The van der Waals surface area contributed by atoms with Crippen LogP contribution in [0.5, 0.6) is 0 Å². The lowest BCUT2D eigenvalue weighted by Crippen LogP contribution is -2.10. The summed E-state index contributed by atoms with van der Waals surface area (Å²) in [6.45, 7) is 1.91. The van der Waals surface area contributed by atoms with E-state index < -0.39 is 5.97 Å². The summed E-state index contributed by atoms with van der Waals surface area (Å²) in [7, 11) is 0. The Morgan fingerprint density at radius 1 is 1.42 bits per heavy atom. The number of imidazole rings is 1. The van der Waals surface area contributed by atoms with E-state index in [0.717, 1.165) is 29.8 Å². The summed E-state index contributed by atoms with van der Waals surface area (Å²) in [6, 6.07) is 3.74. The van der Waals surface area contributed by atoms with Crippen LogP contribution in [0.1, 0.15) is 30.5 Å². The monoisotopic (exact) mass is 371 g/mol. The molecule has 4 rings (SSSR count). The van der Waals surface area contributed by atoms with Crippen LogP contribution in [0.2, 0.25) is 0 Å². The maximum atomic E-state index is 11.7. The van der Waals surface area contributed by atoms with Crippen LogP contribution in [-0.4, -0.2) is 31.5 Å². The molecule has 7 heteroatoms. The molecule has 6 nitrogen and oxygen atoms in total. The van der Waals surface area contributed by atoms with E-state index in [1.165, 1.54) is 6.39 Å². The zero-order valence-corrected chi connectivity index (χ0v) is 15.0. The Hall–Kier alpha value is -2.60. The van der Waals surface area contributed by atoms with Crippen molar-refractivity contribution in [2.75, 3.05) is 5.88 Å². The van der Waals surface area contributed by atoms with Gasteiger partial charge in [0.15, 0.2) is 12.0 Å². The molecule has 0 atom stereocenters. The van der Waals surface area contributed by atoms with E-state index in [-0.39, 0.29) is 5.41 Å². The van der Waals surface area contributed by atoms with Gasteiger partial charge in [0.25, 0.3) is 0 Å². The summed E-state index contributed by atoms with van der Waals surface area (Å²) in [6.07, 6.45) is 9.07. The van der Waals surface area contributed by atoms with E-state index in [1.54, 1.807) is 12.4 Å². The third kappa shape index (κ3) is 3.01. The summed E-state index contributed by atoms with van der Waals surface area (Å²) in [5, 5.41) is 9.61. The Bertz CT molecular complexity index is 1010. The van der Waals surface area contributed by atoms with Gasteiger partial charge in [0, 0.05) is 23.2 Å². The lowest BCUT2D eigenvalue weighted by molar-refractivity contribution is -0.132. The van der Waals surface area contributed by atoms with Gasteiger partial charge in [-0.3, -0.25) is 0 Å². The minimum atomic E-state index is -0.924. The highest BCUT2D eigenvalue weighted by Crippen LogP contribution is 2.51. The number of carboxylic acids is 1. The Morgan fingerprint density at radius 3 is 2.85 bits per heavy atom. The number of aromatic nitrogens is 3. The summed E-state index contributed by atoms with van der Waals surface area (Å²) < 4.78 is 7.43. The fraction of sp³-hybridized carbons (Fsp3) is 0.316. The Balaban J connectivity index is 1.77. The second-order valence-corrected chi connectivity index (χ2v) is 7.18. The highest BCUT2D eigenvalue weighted by molar-refractivity contribution is 6.18. The van der Waals surface area contributed by atoms with Gasteiger partial charge in [0.05, 0.1) is 17.7 Å². The smallest absolute Gasteiger partial charge is 0.331 e. The molecule has 0 saturated heterocycles. The van der Waals surface area contributed by atoms with E-state index in [2.05, 4.69) is 9.97 Å². The highest BCUT2D eigenvalue weighted by atomic mass is 35.5. The quantitative estimate of drug-likeness (QED) is 0.518. The van der Waals surface area contributed by atoms with Crippen molar-refractivity contribution in [3.8, 4) is 5.69 Å². The molecule has 0 aliphatic heterocycles. The molecule has 1 aliphatic carbocycles. The Labute approximate surface area is 155 Å².